The zero-order valence-electron chi connectivity index (χ0n) is 11.7. The molecule has 0 aliphatic carbocycles. The minimum absolute atomic E-state index is 0.142. The number of rotatable bonds is 6. The van der Waals surface area contributed by atoms with Crippen LogP contribution in [0, 0.1) is 0 Å². The van der Waals surface area contributed by atoms with Gasteiger partial charge in [-0.15, -0.1) is 0 Å². The lowest BCUT2D eigenvalue weighted by atomic mass is 10.2. The van der Waals surface area contributed by atoms with E-state index in [1.807, 2.05) is 38.1 Å². The number of hydrogen-bond acceptors (Lipinski definition) is 6. The van der Waals surface area contributed by atoms with E-state index in [0.717, 1.165) is 17.7 Å². The zero-order chi connectivity index (χ0) is 14.4. The van der Waals surface area contributed by atoms with Crippen molar-refractivity contribution < 1.29 is 9.47 Å². The van der Waals surface area contributed by atoms with Crippen LogP contribution in [0.25, 0.3) is 11.4 Å². The summed E-state index contributed by atoms with van der Waals surface area (Å²) in [6.45, 7) is 5.09. The Morgan fingerprint density at radius 3 is 2.70 bits per heavy atom. The summed E-state index contributed by atoms with van der Waals surface area (Å²) in [5, 5.41) is 0. The molecule has 0 saturated heterocycles. The van der Waals surface area contributed by atoms with E-state index >= 15 is 0 Å². The minimum atomic E-state index is 0.142. The van der Waals surface area contributed by atoms with Gasteiger partial charge >= 0.3 is 6.01 Å². The van der Waals surface area contributed by atoms with Crippen molar-refractivity contribution in [1.82, 2.24) is 15.0 Å². The summed E-state index contributed by atoms with van der Waals surface area (Å²) in [7, 11) is 0. The van der Waals surface area contributed by atoms with Crippen LogP contribution in [0.5, 0.6) is 11.8 Å². The maximum absolute atomic E-state index is 5.69. The molecule has 106 valence electrons. The maximum Gasteiger partial charge on any atom is 0.321 e. The fraction of sp³-hybridized carbons (Fsp3) is 0.357. The second-order valence-corrected chi connectivity index (χ2v) is 4.11. The summed E-state index contributed by atoms with van der Waals surface area (Å²) in [5.41, 5.74) is 6.50. The third-order valence-electron chi connectivity index (χ3n) is 2.47. The molecule has 0 aliphatic heterocycles. The predicted octanol–water partition coefficient (Wildman–Crippen LogP) is 2.31. The summed E-state index contributed by atoms with van der Waals surface area (Å²) < 4.78 is 10.9. The maximum atomic E-state index is 5.69. The standard InChI is InChI=1S/C14H18N4O2/c1-3-8-20-14-17-12(16-13(15)18-14)10-6-5-7-11(9-10)19-4-2/h5-7,9H,3-4,8H2,1-2H3,(H2,15,16,17,18). The highest BCUT2D eigenvalue weighted by molar-refractivity contribution is 5.58. The van der Waals surface area contributed by atoms with Gasteiger partial charge in [0, 0.05) is 5.56 Å². The van der Waals surface area contributed by atoms with Crippen molar-refractivity contribution in [3.63, 3.8) is 0 Å². The Kier molecular flexibility index (Phi) is 4.70. The highest BCUT2D eigenvalue weighted by atomic mass is 16.5. The second kappa shape index (κ2) is 6.70. The number of nitrogens with zero attached hydrogens (tertiary/aromatic N) is 3. The topological polar surface area (TPSA) is 83.2 Å². The Bertz CT molecular complexity index is 575. The summed E-state index contributed by atoms with van der Waals surface area (Å²) in [6, 6.07) is 7.76. The first-order chi connectivity index (χ1) is 9.72. The van der Waals surface area contributed by atoms with Crippen molar-refractivity contribution in [2.24, 2.45) is 0 Å². The van der Waals surface area contributed by atoms with E-state index in [1.165, 1.54) is 0 Å². The minimum Gasteiger partial charge on any atom is -0.494 e. The molecule has 6 heteroatoms. The van der Waals surface area contributed by atoms with E-state index in [9.17, 15) is 0 Å². The number of aromatic nitrogens is 3. The molecule has 0 radical (unpaired) electrons. The van der Waals surface area contributed by atoms with Crippen molar-refractivity contribution in [3.8, 4) is 23.1 Å². The Hall–Kier alpha value is -2.37. The molecule has 6 nitrogen and oxygen atoms in total. The Labute approximate surface area is 118 Å². The number of anilines is 1. The molecule has 1 heterocycles. The molecular formula is C14H18N4O2. The van der Waals surface area contributed by atoms with Crippen LogP contribution in [0.4, 0.5) is 5.95 Å². The van der Waals surface area contributed by atoms with Crippen LogP contribution in [-0.4, -0.2) is 28.2 Å². The van der Waals surface area contributed by atoms with Crippen LogP contribution >= 0.6 is 0 Å². The molecule has 0 unspecified atom stereocenters. The Morgan fingerprint density at radius 2 is 1.95 bits per heavy atom. The molecule has 0 spiro atoms. The van der Waals surface area contributed by atoms with E-state index in [2.05, 4.69) is 15.0 Å². The molecule has 1 aromatic heterocycles. The van der Waals surface area contributed by atoms with Crippen LogP contribution in [-0.2, 0) is 0 Å². The molecule has 0 aliphatic rings. The average Bonchev–Trinajstić information content (AvgIpc) is 2.45. The smallest absolute Gasteiger partial charge is 0.321 e. The third kappa shape index (κ3) is 3.57. The first-order valence-electron chi connectivity index (χ1n) is 6.60. The molecule has 1 aromatic carbocycles. The largest absolute Gasteiger partial charge is 0.494 e. The first kappa shape index (κ1) is 14.0. The molecule has 0 bridgehead atoms. The monoisotopic (exact) mass is 274 g/mol. The summed E-state index contributed by atoms with van der Waals surface area (Å²) in [6.07, 6.45) is 0.876. The molecule has 0 atom stereocenters. The summed E-state index contributed by atoms with van der Waals surface area (Å²) in [4.78, 5) is 12.4. The lowest BCUT2D eigenvalue weighted by Gasteiger charge is -2.07. The second-order valence-electron chi connectivity index (χ2n) is 4.11. The van der Waals surface area contributed by atoms with Gasteiger partial charge in [-0.1, -0.05) is 19.1 Å². The Morgan fingerprint density at radius 1 is 1.10 bits per heavy atom. The number of hydrogen-bond donors (Lipinski definition) is 1. The number of benzene rings is 1. The van der Waals surface area contributed by atoms with Crippen molar-refractivity contribution in [3.05, 3.63) is 24.3 Å². The van der Waals surface area contributed by atoms with Crippen molar-refractivity contribution in [2.45, 2.75) is 20.3 Å². The zero-order valence-corrected chi connectivity index (χ0v) is 11.7. The molecule has 2 aromatic rings. The van der Waals surface area contributed by atoms with Gasteiger partial charge in [-0.05, 0) is 25.5 Å². The van der Waals surface area contributed by atoms with E-state index in [-0.39, 0.29) is 12.0 Å². The van der Waals surface area contributed by atoms with Gasteiger partial charge in [0.05, 0.1) is 13.2 Å². The molecule has 2 rings (SSSR count). The quantitative estimate of drug-likeness (QED) is 0.870. The van der Waals surface area contributed by atoms with E-state index in [0.29, 0.717) is 19.0 Å². The predicted molar refractivity (Wildman–Crippen MR) is 76.6 cm³/mol. The average molecular weight is 274 g/mol. The van der Waals surface area contributed by atoms with Gasteiger partial charge in [0.1, 0.15) is 5.75 Å². The summed E-state index contributed by atoms with van der Waals surface area (Å²) >= 11 is 0. The van der Waals surface area contributed by atoms with Crippen LogP contribution < -0.4 is 15.2 Å². The van der Waals surface area contributed by atoms with Crippen LogP contribution in [0.3, 0.4) is 0 Å². The van der Waals surface area contributed by atoms with Gasteiger partial charge in [0.15, 0.2) is 5.82 Å². The molecule has 0 amide bonds. The van der Waals surface area contributed by atoms with E-state index in [1.54, 1.807) is 0 Å². The van der Waals surface area contributed by atoms with Crippen LogP contribution in [0.15, 0.2) is 24.3 Å². The number of ether oxygens (including phenoxy) is 2. The van der Waals surface area contributed by atoms with E-state index < -0.39 is 0 Å². The fourth-order valence-corrected chi connectivity index (χ4v) is 1.65. The van der Waals surface area contributed by atoms with E-state index in [4.69, 9.17) is 15.2 Å². The Balaban J connectivity index is 2.31. The van der Waals surface area contributed by atoms with Gasteiger partial charge in [0.2, 0.25) is 5.95 Å². The molecular weight excluding hydrogens is 256 g/mol. The van der Waals surface area contributed by atoms with Crippen LogP contribution in [0.1, 0.15) is 20.3 Å². The highest BCUT2D eigenvalue weighted by Crippen LogP contribution is 2.22. The summed E-state index contributed by atoms with van der Waals surface area (Å²) in [5.74, 6) is 1.38. The third-order valence-corrected chi connectivity index (χ3v) is 2.47. The van der Waals surface area contributed by atoms with Gasteiger partial charge in [0.25, 0.3) is 0 Å². The normalized spacial score (nSPS) is 10.3. The molecule has 2 N–H and O–H groups in total. The number of nitrogen functional groups attached to an aromatic ring is 1. The van der Waals surface area contributed by atoms with Gasteiger partial charge < -0.3 is 15.2 Å². The lowest BCUT2D eigenvalue weighted by Crippen LogP contribution is -2.05. The lowest BCUT2D eigenvalue weighted by molar-refractivity contribution is 0.292. The van der Waals surface area contributed by atoms with Crippen LogP contribution in [0.2, 0.25) is 0 Å². The fourth-order valence-electron chi connectivity index (χ4n) is 1.65. The first-order valence-corrected chi connectivity index (χ1v) is 6.60. The SMILES string of the molecule is CCCOc1nc(N)nc(-c2cccc(OCC)c2)n1. The van der Waals surface area contributed by atoms with Gasteiger partial charge in [-0.3, -0.25) is 0 Å². The number of nitrogens with two attached hydrogens (primary N) is 1. The van der Waals surface area contributed by atoms with Crippen molar-refractivity contribution >= 4 is 5.95 Å². The van der Waals surface area contributed by atoms with Crippen molar-refractivity contribution in [2.75, 3.05) is 18.9 Å². The van der Waals surface area contributed by atoms with Gasteiger partial charge in [-0.25, -0.2) is 0 Å². The molecule has 0 saturated carbocycles. The van der Waals surface area contributed by atoms with Crippen molar-refractivity contribution in [1.29, 1.82) is 0 Å². The van der Waals surface area contributed by atoms with Gasteiger partial charge in [-0.2, -0.15) is 15.0 Å². The molecule has 20 heavy (non-hydrogen) atoms. The highest BCUT2D eigenvalue weighted by Gasteiger charge is 2.08. The molecule has 0 fully saturated rings.